The third-order valence-corrected chi connectivity index (χ3v) is 5.19. The summed E-state index contributed by atoms with van der Waals surface area (Å²) in [4.78, 5) is 15.8. The van der Waals surface area contributed by atoms with E-state index in [1.165, 1.54) is 17.6 Å². The van der Waals surface area contributed by atoms with Crippen molar-refractivity contribution in [1.82, 2.24) is 4.90 Å². The van der Waals surface area contributed by atoms with Crippen LogP contribution in [0.5, 0.6) is 0 Å². The summed E-state index contributed by atoms with van der Waals surface area (Å²) in [6.45, 7) is 1.59. The highest BCUT2D eigenvalue weighted by Gasteiger charge is 2.32. The average Bonchev–Trinajstić information content (AvgIpc) is 2.97. The maximum atomic E-state index is 12.3. The fourth-order valence-corrected chi connectivity index (χ4v) is 3.90. The number of esters is 1. The highest BCUT2D eigenvalue weighted by molar-refractivity contribution is 7.10. The van der Waals surface area contributed by atoms with Crippen molar-refractivity contribution in [3.63, 3.8) is 0 Å². The zero-order valence-corrected chi connectivity index (χ0v) is 15.7. The van der Waals surface area contributed by atoms with Gasteiger partial charge in [-0.05, 0) is 35.1 Å². The molecule has 4 nitrogen and oxygen atoms in total. The lowest BCUT2D eigenvalue weighted by Gasteiger charge is -2.33. The second-order valence-corrected chi connectivity index (χ2v) is 6.44. The van der Waals surface area contributed by atoms with Crippen LogP contribution in [-0.2, 0) is 22.5 Å². The standard InChI is InChI=1S/C16H16ClNO2S.BrH.H2O/c1-20-16(19)15(12-4-2-3-5-13(12)17)18-8-6-14-11(10-18)7-9-21-14;;/h2-5,7,9,15H,6,8,10H2,1H3;1H;1H2/t15-;;/m0../s1. The van der Waals surface area contributed by atoms with Gasteiger partial charge in [-0.15, -0.1) is 11.3 Å². The Morgan fingerprint density at radius 2 is 2.13 bits per heavy atom. The number of carbonyl (C=O) groups is 1. The summed E-state index contributed by atoms with van der Waals surface area (Å²) in [5.41, 5.74) is 2.11. The average molecular weight is 421 g/mol. The summed E-state index contributed by atoms with van der Waals surface area (Å²) < 4.78 is 5.01. The fourth-order valence-electron chi connectivity index (χ4n) is 2.77. The first-order chi connectivity index (χ1) is 10.2. The molecule has 1 aliphatic rings. The number of methoxy groups -OCH3 is 1. The highest BCUT2D eigenvalue weighted by atomic mass is 79.9. The Bertz CT molecular complexity index is 670. The fraction of sp³-hybridized carbons (Fsp3) is 0.312. The van der Waals surface area contributed by atoms with Gasteiger partial charge in [0.2, 0.25) is 0 Å². The Morgan fingerprint density at radius 1 is 1.39 bits per heavy atom. The van der Waals surface area contributed by atoms with Gasteiger partial charge in [-0.25, -0.2) is 4.79 Å². The van der Waals surface area contributed by atoms with Crippen LogP contribution < -0.4 is 17.0 Å². The van der Waals surface area contributed by atoms with E-state index in [4.69, 9.17) is 16.3 Å². The number of nitrogens with zero attached hydrogens (tertiary/aromatic N) is 1. The van der Waals surface area contributed by atoms with E-state index >= 15 is 0 Å². The number of carbonyl (C=O) groups excluding carboxylic acids is 1. The van der Waals surface area contributed by atoms with Gasteiger partial charge in [0.05, 0.1) is 7.11 Å². The second kappa shape index (κ2) is 8.80. The first kappa shape index (κ1) is 20.1. The van der Waals surface area contributed by atoms with Crippen molar-refractivity contribution in [2.45, 2.75) is 19.0 Å². The predicted molar refractivity (Wildman–Crippen MR) is 89.4 cm³/mol. The summed E-state index contributed by atoms with van der Waals surface area (Å²) in [6, 6.07) is 9.16. The summed E-state index contributed by atoms with van der Waals surface area (Å²) in [7, 11) is 1.42. The molecule has 0 aliphatic carbocycles. The number of rotatable bonds is 3. The molecule has 23 heavy (non-hydrogen) atoms. The van der Waals surface area contributed by atoms with Gasteiger partial charge >= 0.3 is 7.40 Å². The lowest BCUT2D eigenvalue weighted by atomic mass is 10.0. The van der Waals surface area contributed by atoms with Crippen molar-refractivity contribution in [1.29, 1.82) is 0 Å². The molecule has 1 aliphatic heterocycles. The molecule has 0 radical (unpaired) electrons. The molecule has 3 rings (SSSR count). The van der Waals surface area contributed by atoms with Crippen molar-refractivity contribution in [3.8, 4) is 0 Å². The summed E-state index contributed by atoms with van der Waals surface area (Å²) >= 11 is 8.07. The van der Waals surface area contributed by atoms with Crippen LogP contribution in [0.25, 0.3) is 0 Å². The van der Waals surface area contributed by atoms with E-state index in [2.05, 4.69) is 16.3 Å². The lowest BCUT2D eigenvalue weighted by Crippen LogP contribution is -3.00. The topological polar surface area (TPSA) is 61.0 Å². The molecule has 0 saturated heterocycles. The van der Waals surface area contributed by atoms with Crippen LogP contribution in [0.4, 0.5) is 0 Å². The smallest absolute Gasteiger partial charge is 1.00 e. The molecular weight excluding hydrogens is 402 g/mol. The Labute approximate surface area is 156 Å². The normalized spacial score (nSPS) is 14.9. The molecule has 0 bridgehead atoms. The first-order valence-corrected chi connectivity index (χ1v) is 8.08. The van der Waals surface area contributed by atoms with Crippen molar-refractivity contribution in [2.75, 3.05) is 13.7 Å². The predicted octanol–water partition coefficient (Wildman–Crippen LogP) is -0.0343. The summed E-state index contributed by atoms with van der Waals surface area (Å²) in [5.74, 6) is -0.262. The van der Waals surface area contributed by atoms with Gasteiger partial charge in [-0.2, -0.15) is 0 Å². The number of hydrogen-bond acceptors (Lipinski definition) is 4. The zero-order valence-electron chi connectivity index (χ0n) is 13.6. The van der Waals surface area contributed by atoms with Crippen LogP contribution in [0.2, 0.25) is 5.02 Å². The molecule has 126 valence electrons. The van der Waals surface area contributed by atoms with Crippen LogP contribution in [0.15, 0.2) is 35.7 Å². The van der Waals surface area contributed by atoms with Crippen molar-refractivity contribution >= 4 is 28.9 Å². The number of hydrogen-bond donors (Lipinski definition) is 0. The number of benzene rings is 1. The van der Waals surface area contributed by atoms with E-state index < -0.39 is 6.04 Å². The number of ether oxygens (including phenoxy) is 1. The number of fused-ring (bicyclic) bond motifs is 1. The SMILES string of the molecule is COC(=O)[C@H](c1ccccc1Cl)N1CCc2sccc2C1.O.[Br-].[H+]. The molecule has 0 unspecified atom stereocenters. The molecule has 2 N–H and O–H groups in total. The van der Waals surface area contributed by atoms with Crippen molar-refractivity contribution < 1.29 is 33.4 Å². The van der Waals surface area contributed by atoms with E-state index in [0.29, 0.717) is 5.02 Å². The third kappa shape index (κ3) is 4.14. The van der Waals surface area contributed by atoms with E-state index in [1.807, 2.05) is 24.3 Å². The van der Waals surface area contributed by atoms with Crippen molar-refractivity contribution in [3.05, 3.63) is 56.7 Å². The molecule has 1 atom stereocenters. The quantitative estimate of drug-likeness (QED) is 0.655. The molecule has 7 heteroatoms. The molecular formula is C16H19BrClNO3S. The summed E-state index contributed by atoms with van der Waals surface area (Å²) in [6.07, 6.45) is 0.963. The molecule has 2 heterocycles. The van der Waals surface area contributed by atoms with Crippen LogP contribution in [0, 0.1) is 0 Å². The van der Waals surface area contributed by atoms with Crippen LogP contribution in [0.1, 0.15) is 23.5 Å². The minimum absolute atomic E-state index is 0. The Hall–Kier alpha value is -0.920. The third-order valence-electron chi connectivity index (χ3n) is 3.83. The number of thiophene rings is 1. The van der Waals surface area contributed by atoms with Crippen molar-refractivity contribution in [2.24, 2.45) is 0 Å². The van der Waals surface area contributed by atoms with Gasteiger partial charge in [0.1, 0.15) is 6.04 Å². The van der Waals surface area contributed by atoms with E-state index in [1.54, 1.807) is 11.3 Å². The molecule has 1 aromatic heterocycles. The highest BCUT2D eigenvalue weighted by Crippen LogP contribution is 2.33. The maximum absolute atomic E-state index is 12.3. The van der Waals surface area contributed by atoms with Gasteiger partial charge in [-0.3, -0.25) is 4.90 Å². The monoisotopic (exact) mass is 419 g/mol. The minimum atomic E-state index is -0.447. The van der Waals surface area contributed by atoms with Gasteiger partial charge in [0.25, 0.3) is 0 Å². The zero-order chi connectivity index (χ0) is 14.8. The molecule has 2 aromatic rings. The summed E-state index contributed by atoms with van der Waals surface area (Å²) in [5, 5.41) is 2.71. The largest absolute Gasteiger partial charge is 1.00 e. The van der Waals surface area contributed by atoms with Gasteiger partial charge < -0.3 is 27.2 Å². The van der Waals surface area contributed by atoms with Crippen LogP contribution in [0.3, 0.4) is 0 Å². The molecule has 0 amide bonds. The van der Waals surface area contributed by atoms with Crippen LogP contribution >= 0.6 is 22.9 Å². The number of halogens is 2. The molecule has 0 fully saturated rings. The molecule has 0 saturated carbocycles. The van der Waals surface area contributed by atoms with Gasteiger partial charge in [0.15, 0.2) is 0 Å². The molecule has 0 spiro atoms. The van der Waals surface area contributed by atoms with E-state index in [0.717, 1.165) is 25.1 Å². The maximum Gasteiger partial charge on any atom is 1.00 e. The lowest BCUT2D eigenvalue weighted by molar-refractivity contribution is -0.147. The Balaban J connectivity index is 0.00000176. The van der Waals surface area contributed by atoms with Gasteiger partial charge in [0, 0.05) is 23.0 Å². The van der Waals surface area contributed by atoms with E-state index in [-0.39, 0.29) is 29.9 Å². The first-order valence-electron chi connectivity index (χ1n) is 6.82. The van der Waals surface area contributed by atoms with Crippen LogP contribution in [-0.4, -0.2) is 30.0 Å². The van der Waals surface area contributed by atoms with E-state index in [9.17, 15) is 4.79 Å². The Kier molecular flexibility index (Phi) is 7.70. The van der Waals surface area contributed by atoms with Gasteiger partial charge in [-0.1, -0.05) is 29.8 Å². The molecule has 1 aromatic carbocycles. The Morgan fingerprint density at radius 3 is 2.83 bits per heavy atom. The minimum Gasteiger partial charge on any atom is -1.00 e. The second-order valence-electron chi connectivity index (χ2n) is 5.04.